The molecule has 1 aliphatic rings. The van der Waals surface area contributed by atoms with Gasteiger partial charge in [0, 0.05) is 32.1 Å². The molecule has 8 nitrogen and oxygen atoms in total. The number of piperazine rings is 1. The van der Waals surface area contributed by atoms with Crippen LogP contribution >= 0.6 is 0 Å². The Morgan fingerprint density at radius 1 is 1.06 bits per heavy atom. The van der Waals surface area contributed by atoms with Gasteiger partial charge >= 0.3 is 6.18 Å². The predicted molar refractivity (Wildman–Crippen MR) is 130 cm³/mol. The summed E-state index contributed by atoms with van der Waals surface area (Å²) >= 11 is 0. The zero-order valence-electron chi connectivity index (χ0n) is 20.4. The zero-order valence-corrected chi connectivity index (χ0v) is 20.4. The number of rotatable bonds is 6. The largest absolute Gasteiger partial charge is 0.405 e. The van der Waals surface area contributed by atoms with Gasteiger partial charge < -0.3 is 15.1 Å². The van der Waals surface area contributed by atoms with E-state index in [4.69, 9.17) is 0 Å². The fourth-order valence-electron chi connectivity index (χ4n) is 4.25. The third-order valence-corrected chi connectivity index (χ3v) is 6.35. The molecule has 1 amide bonds. The van der Waals surface area contributed by atoms with Gasteiger partial charge in [0.15, 0.2) is 5.82 Å². The number of aromatic nitrogens is 4. The summed E-state index contributed by atoms with van der Waals surface area (Å²) in [6.07, 6.45) is -1.14. The lowest BCUT2D eigenvalue weighted by Crippen LogP contribution is -2.53. The molecule has 3 heterocycles. The Morgan fingerprint density at radius 2 is 1.81 bits per heavy atom. The Kier molecular flexibility index (Phi) is 7.37. The fraction of sp³-hybridized carbons (Fsp3) is 0.400. The first-order valence-electron chi connectivity index (χ1n) is 11.7. The lowest BCUT2D eigenvalue weighted by Gasteiger charge is -2.41. The second-order valence-electron chi connectivity index (χ2n) is 8.93. The highest BCUT2D eigenvalue weighted by Gasteiger charge is 2.29. The lowest BCUT2D eigenvalue weighted by molar-refractivity contribution is -0.123. The zero-order chi connectivity index (χ0) is 25.9. The Labute approximate surface area is 207 Å². The SMILES string of the molecule is Cc1c(Cc2ccccc2)nnc(N2CCN(c3cnc(C(=O)NCC(F)(F)F)cn3)[C@H](C)C2)c1C. The van der Waals surface area contributed by atoms with Crippen molar-refractivity contribution in [3.8, 4) is 0 Å². The standard InChI is InChI=1S/C25H28F3N7O/c1-16-14-34(23-18(3)17(2)20(32-33-23)11-19-7-5-4-6-8-19)9-10-35(16)22-13-29-21(12-30-22)24(36)31-15-25(26,27)28/h4-8,12-13,16H,9-11,14-15H2,1-3H3,(H,31,36)/t16-/m1/s1. The summed E-state index contributed by atoms with van der Waals surface area (Å²) in [5.41, 5.74) is 4.22. The van der Waals surface area contributed by atoms with Gasteiger partial charge in [0.05, 0.1) is 18.1 Å². The number of alkyl halides is 3. The van der Waals surface area contributed by atoms with Gasteiger partial charge in [-0.3, -0.25) is 4.79 Å². The van der Waals surface area contributed by atoms with E-state index in [-0.39, 0.29) is 11.7 Å². The molecule has 1 aromatic carbocycles. The maximum absolute atomic E-state index is 12.3. The molecular formula is C25H28F3N7O. The second-order valence-corrected chi connectivity index (χ2v) is 8.93. The number of nitrogens with zero attached hydrogens (tertiary/aromatic N) is 6. The van der Waals surface area contributed by atoms with Gasteiger partial charge in [-0.25, -0.2) is 9.97 Å². The van der Waals surface area contributed by atoms with Gasteiger partial charge in [-0.05, 0) is 37.5 Å². The van der Waals surface area contributed by atoms with Crippen LogP contribution in [-0.4, -0.2) is 64.5 Å². The molecule has 190 valence electrons. The molecule has 1 fully saturated rings. The Hall–Kier alpha value is -3.76. The number of carbonyl (C=O) groups excluding carboxylic acids is 1. The van der Waals surface area contributed by atoms with Gasteiger partial charge in [-0.15, -0.1) is 5.10 Å². The summed E-state index contributed by atoms with van der Waals surface area (Å²) < 4.78 is 37.0. The molecule has 0 radical (unpaired) electrons. The minimum atomic E-state index is -4.48. The van der Waals surface area contributed by atoms with Crippen LogP contribution in [0.15, 0.2) is 42.7 Å². The minimum Gasteiger partial charge on any atom is -0.351 e. The van der Waals surface area contributed by atoms with Crippen molar-refractivity contribution in [1.29, 1.82) is 0 Å². The average Bonchev–Trinajstić information content (AvgIpc) is 2.86. The molecule has 1 saturated heterocycles. The number of halogens is 3. The van der Waals surface area contributed by atoms with Crippen LogP contribution in [0.3, 0.4) is 0 Å². The highest BCUT2D eigenvalue weighted by Crippen LogP contribution is 2.26. The smallest absolute Gasteiger partial charge is 0.351 e. The number of nitrogens with one attached hydrogen (secondary N) is 1. The minimum absolute atomic E-state index is 0.0588. The lowest BCUT2D eigenvalue weighted by atomic mass is 10.0. The van der Waals surface area contributed by atoms with Crippen LogP contribution in [0.5, 0.6) is 0 Å². The molecule has 3 aromatic rings. The third-order valence-electron chi connectivity index (χ3n) is 6.35. The molecule has 36 heavy (non-hydrogen) atoms. The summed E-state index contributed by atoms with van der Waals surface area (Å²) in [7, 11) is 0. The van der Waals surface area contributed by atoms with Crippen molar-refractivity contribution >= 4 is 17.5 Å². The summed E-state index contributed by atoms with van der Waals surface area (Å²) in [4.78, 5) is 24.4. The van der Waals surface area contributed by atoms with Crippen molar-refractivity contribution in [1.82, 2.24) is 25.5 Å². The van der Waals surface area contributed by atoms with Gasteiger partial charge in [0.25, 0.3) is 5.91 Å². The second kappa shape index (κ2) is 10.5. The average molecular weight is 500 g/mol. The molecule has 0 aliphatic carbocycles. The van der Waals surface area contributed by atoms with E-state index in [1.54, 1.807) is 5.32 Å². The molecule has 0 saturated carbocycles. The van der Waals surface area contributed by atoms with Crippen molar-refractivity contribution in [2.45, 2.75) is 39.4 Å². The van der Waals surface area contributed by atoms with E-state index >= 15 is 0 Å². The number of amides is 1. The van der Waals surface area contributed by atoms with E-state index in [0.717, 1.165) is 29.1 Å². The molecule has 2 aromatic heterocycles. The topological polar surface area (TPSA) is 87.1 Å². The predicted octanol–water partition coefficient (Wildman–Crippen LogP) is 3.48. The molecule has 1 atom stereocenters. The normalized spacial score (nSPS) is 16.2. The van der Waals surface area contributed by atoms with Gasteiger partial charge in [0.1, 0.15) is 18.1 Å². The van der Waals surface area contributed by atoms with Crippen molar-refractivity contribution in [2.75, 3.05) is 36.0 Å². The number of carbonyl (C=O) groups is 1. The van der Waals surface area contributed by atoms with Crippen molar-refractivity contribution in [3.63, 3.8) is 0 Å². The summed E-state index contributed by atoms with van der Waals surface area (Å²) in [6, 6.07) is 10.2. The highest BCUT2D eigenvalue weighted by atomic mass is 19.4. The molecule has 0 spiro atoms. The molecular weight excluding hydrogens is 471 g/mol. The monoisotopic (exact) mass is 499 g/mol. The molecule has 0 unspecified atom stereocenters. The Bertz CT molecular complexity index is 1200. The van der Waals surface area contributed by atoms with E-state index in [2.05, 4.69) is 62.9 Å². The van der Waals surface area contributed by atoms with Gasteiger partial charge in [-0.1, -0.05) is 30.3 Å². The third kappa shape index (κ3) is 5.89. The molecule has 11 heteroatoms. The molecule has 1 aliphatic heterocycles. The maximum Gasteiger partial charge on any atom is 0.405 e. The molecule has 4 rings (SSSR count). The highest BCUT2D eigenvalue weighted by molar-refractivity contribution is 5.92. The van der Waals surface area contributed by atoms with Crippen LogP contribution < -0.4 is 15.1 Å². The van der Waals surface area contributed by atoms with E-state index in [9.17, 15) is 18.0 Å². The summed E-state index contributed by atoms with van der Waals surface area (Å²) in [6.45, 7) is 6.80. The summed E-state index contributed by atoms with van der Waals surface area (Å²) in [5.74, 6) is 0.509. The molecule has 1 N–H and O–H groups in total. The first-order chi connectivity index (χ1) is 17.1. The van der Waals surface area contributed by atoms with Crippen LogP contribution in [0.1, 0.15) is 39.8 Å². The van der Waals surface area contributed by atoms with Crippen molar-refractivity contribution < 1.29 is 18.0 Å². The van der Waals surface area contributed by atoms with E-state index in [1.165, 1.54) is 18.0 Å². The number of benzene rings is 1. The van der Waals surface area contributed by atoms with E-state index < -0.39 is 18.6 Å². The Morgan fingerprint density at radius 3 is 2.44 bits per heavy atom. The van der Waals surface area contributed by atoms with Crippen LogP contribution in [0.4, 0.5) is 24.8 Å². The van der Waals surface area contributed by atoms with Crippen LogP contribution in [-0.2, 0) is 6.42 Å². The van der Waals surface area contributed by atoms with Crippen LogP contribution in [0, 0.1) is 13.8 Å². The van der Waals surface area contributed by atoms with E-state index in [0.29, 0.717) is 25.5 Å². The first-order valence-corrected chi connectivity index (χ1v) is 11.7. The van der Waals surface area contributed by atoms with Crippen molar-refractivity contribution in [3.05, 3.63) is 70.8 Å². The van der Waals surface area contributed by atoms with Gasteiger partial charge in [0.2, 0.25) is 0 Å². The van der Waals surface area contributed by atoms with E-state index in [1.807, 2.05) is 18.2 Å². The number of hydrogen-bond acceptors (Lipinski definition) is 7. The van der Waals surface area contributed by atoms with Gasteiger partial charge in [-0.2, -0.15) is 18.3 Å². The van der Waals surface area contributed by atoms with Crippen molar-refractivity contribution in [2.24, 2.45) is 0 Å². The molecule has 0 bridgehead atoms. The quantitative estimate of drug-likeness (QED) is 0.556. The number of anilines is 2. The number of hydrogen-bond donors (Lipinski definition) is 1. The van der Waals surface area contributed by atoms with Crippen LogP contribution in [0.2, 0.25) is 0 Å². The van der Waals surface area contributed by atoms with Crippen LogP contribution in [0.25, 0.3) is 0 Å². The first kappa shape index (κ1) is 25.3. The maximum atomic E-state index is 12.3. The fourth-order valence-corrected chi connectivity index (χ4v) is 4.25. The Balaban J connectivity index is 1.41. The summed E-state index contributed by atoms with van der Waals surface area (Å²) in [5, 5.41) is 10.9.